The molecule has 0 heterocycles. The summed E-state index contributed by atoms with van der Waals surface area (Å²) in [5, 5.41) is 2.86. The number of sulfonamides is 1. The van der Waals surface area contributed by atoms with E-state index in [0.717, 1.165) is 25.2 Å². The first-order valence-electron chi connectivity index (χ1n) is 9.05. The van der Waals surface area contributed by atoms with Crippen molar-refractivity contribution in [1.82, 2.24) is 10.2 Å². The maximum Gasteiger partial charge on any atom is 0.261 e. The van der Waals surface area contributed by atoms with Crippen molar-refractivity contribution < 1.29 is 13.2 Å². The van der Waals surface area contributed by atoms with Gasteiger partial charge in [0.2, 0.25) is 0 Å². The topological polar surface area (TPSA) is 78.5 Å². The number of carbonyl (C=O) groups excluding carboxylic acids is 1. The molecule has 2 aromatic carbocycles. The molecule has 6 nitrogen and oxygen atoms in total. The molecule has 2 N–H and O–H groups in total. The van der Waals surface area contributed by atoms with Crippen LogP contribution in [-0.2, 0) is 10.0 Å². The van der Waals surface area contributed by atoms with Crippen LogP contribution < -0.4 is 10.0 Å². The second-order valence-electron chi connectivity index (χ2n) is 6.28. The highest BCUT2D eigenvalue weighted by Gasteiger charge is 2.15. The van der Waals surface area contributed by atoms with Crippen molar-refractivity contribution in [3.8, 4) is 0 Å². The number of likely N-dealkylation sites (N-methyl/N-ethyl adjacent to an activating group) is 1. The van der Waals surface area contributed by atoms with E-state index in [9.17, 15) is 13.2 Å². The van der Waals surface area contributed by atoms with Crippen molar-refractivity contribution >= 4 is 21.6 Å². The van der Waals surface area contributed by atoms with Crippen LogP contribution in [0.3, 0.4) is 0 Å². The van der Waals surface area contributed by atoms with Gasteiger partial charge in [-0.15, -0.1) is 0 Å². The van der Waals surface area contributed by atoms with E-state index in [1.165, 1.54) is 24.3 Å². The van der Waals surface area contributed by atoms with Gasteiger partial charge in [0.05, 0.1) is 4.90 Å². The van der Waals surface area contributed by atoms with Crippen molar-refractivity contribution in [2.75, 3.05) is 30.9 Å². The molecule has 0 aromatic heterocycles. The lowest BCUT2D eigenvalue weighted by atomic mass is 10.2. The fourth-order valence-corrected chi connectivity index (χ4v) is 3.65. The molecule has 146 valence electrons. The molecule has 0 atom stereocenters. The summed E-state index contributed by atoms with van der Waals surface area (Å²) in [6.45, 7) is 9.30. The van der Waals surface area contributed by atoms with E-state index >= 15 is 0 Å². The van der Waals surface area contributed by atoms with Gasteiger partial charge >= 0.3 is 0 Å². The van der Waals surface area contributed by atoms with Gasteiger partial charge in [0, 0.05) is 24.3 Å². The number of nitrogens with one attached hydrogen (secondary N) is 2. The van der Waals surface area contributed by atoms with Crippen molar-refractivity contribution in [3.05, 3.63) is 59.7 Å². The molecule has 0 radical (unpaired) electrons. The molecule has 1 amide bonds. The lowest BCUT2D eigenvalue weighted by molar-refractivity contribution is 0.0949. The molecule has 0 spiro atoms. The number of aryl methyl sites for hydroxylation is 1. The second-order valence-corrected chi connectivity index (χ2v) is 7.96. The van der Waals surface area contributed by atoms with Gasteiger partial charge in [-0.25, -0.2) is 8.42 Å². The molecular formula is C20H27N3O3S. The molecule has 0 fully saturated rings. The van der Waals surface area contributed by atoms with E-state index in [1.807, 2.05) is 19.1 Å². The third-order valence-corrected chi connectivity index (χ3v) is 5.74. The van der Waals surface area contributed by atoms with E-state index in [1.54, 1.807) is 12.1 Å². The van der Waals surface area contributed by atoms with E-state index in [0.29, 0.717) is 17.8 Å². The molecular weight excluding hydrogens is 362 g/mol. The van der Waals surface area contributed by atoms with E-state index < -0.39 is 10.0 Å². The fraction of sp³-hybridized carbons (Fsp3) is 0.350. The molecule has 7 heteroatoms. The van der Waals surface area contributed by atoms with Gasteiger partial charge in [-0.05, 0) is 56.4 Å². The smallest absolute Gasteiger partial charge is 0.261 e. The summed E-state index contributed by atoms with van der Waals surface area (Å²) >= 11 is 0. The third kappa shape index (κ3) is 6.08. The lowest BCUT2D eigenvalue weighted by Crippen LogP contribution is -2.34. The minimum Gasteiger partial charge on any atom is -0.351 e. The number of hydrogen-bond donors (Lipinski definition) is 2. The van der Waals surface area contributed by atoms with Gasteiger partial charge < -0.3 is 10.2 Å². The van der Waals surface area contributed by atoms with Crippen LogP contribution >= 0.6 is 0 Å². The fourth-order valence-electron chi connectivity index (χ4n) is 2.59. The number of benzene rings is 2. The van der Waals surface area contributed by atoms with Crippen LogP contribution in [0.15, 0.2) is 53.4 Å². The number of anilines is 1. The Kier molecular flexibility index (Phi) is 7.38. The highest BCUT2D eigenvalue weighted by molar-refractivity contribution is 7.92. The predicted octanol–water partition coefficient (Wildman–Crippen LogP) is 2.87. The first-order chi connectivity index (χ1) is 12.9. The van der Waals surface area contributed by atoms with Crippen LogP contribution in [-0.4, -0.2) is 45.4 Å². The SMILES string of the molecule is CCN(CC)CCNC(=O)c1ccc(S(=O)(=O)Nc2ccc(C)cc2)cc1. The van der Waals surface area contributed by atoms with Gasteiger partial charge in [-0.3, -0.25) is 9.52 Å². The molecule has 2 aromatic rings. The van der Waals surface area contributed by atoms with Gasteiger partial charge in [0.1, 0.15) is 0 Å². The van der Waals surface area contributed by atoms with Gasteiger partial charge in [-0.1, -0.05) is 31.5 Å². The minimum atomic E-state index is -3.69. The Morgan fingerprint density at radius 3 is 2.11 bits per heavy atom. The third-order valence-electron chi connectivity index (χ3n) is 4.34. The molecule has 0 saturated carbocycles. The van der Waals surface area contributed by atoms with Crippen molar-refractivity contribution in [2.45, 2.75) is 25.7 Å². The maximum absolute atomic E-state index is 12.5. The van der Waals surface area contributed by atoms with E-state index in [-0.39, 0.29) is 10.8 Å². The number of carbonyl (C=O) groups is 1. The second kappa shape index (κ2) is 9.53. The first-order valence-corrected chi connectivity index (χ1v) is 10.5. The maximum atomic E-state index is 12.5. The molecule has 0 saturated heterocycles. The zero-order chi connectivity index (χ0) is 19.9. The minimum absolute atomic E-state index is 0.114. The Morgan fingerprint density at radius 2 is 1.56 bits per heavy atom. The van der Waals surface area contributed by atoms with E-state index in [2.05, 4.69) is 28.8 Å². The number of hydrogen-bond acceptors (Lipinski definition) is 4. The van der Waals surface area contributed by atoms with Crippen molar-refractivity contribution in [3.63, 3.8) is 0 Å². The van der Waals surface area contributed by atoms with Crippen LogP contribution in [0.2, 0.25) is 0 Å². The van der Waals surface area contributed by atoms with Crippen LogP contribution in [0.5, 0.6) is 0 Å². The highest BCUT2D eigenvalue weighted by atomic mass is 32.2. The Labute approximate surface area is 161 Å². The average molecular weight is 390 g/mol. The Balaban J connectivity index is 1.98. The molecule has 0 bridgehead atoms. The van der Waals surface area contributed by atoms with Crippen LogP contribution in [0.4, 0.5) is 5.69 Å². The quantitative estimate of drug-likeness (QED) is 0.691. The van der Waals surface area contributed by atoms with Gasteiger partial charge in [-0.2, -0.15) is 0 Å². The predicted molar refractivity (Wildman–Crippen MR) is 109 cm³/mol. The van der Waals surface area contributed by atoms with Gasteiger partial charge in [0.25, 0.3) is 15.9 Å². The molecule has 2 rings (SSSR count). The number of rotatable bonds is 9. The van der Waals surface area contributed by atoms with E-state index in [4.69, 9.17) is 0 Å². The molecule has 0 unspecified atom stereocenters. The Hall–Kier alpha value is -2.38. The monoisotopic (exact) mass is 389 g/mol. The number of amides is 1. The van der Waals surface area contributed by atoms with Gasteiger partial charge in [0.15, 0.2) is 0 Å². The van der Waals surface area contributed by atoms with Crippen LogP contribution in [0.25, 0.3) is 0 Å². The standard InChI is InChI=1S/C20H27N3O3S/c1-4-23(5-2)15-14-21-20(24)17-8-12-19(13-9-17)27(25,26)22-18-10-6-16(3)7-11-18/h6-13,22H,4-5,14-15H2,1-3H3,(H,21,24). The zero-order valence-electron chi connectivity index (χ0n) is 16.0. The van der Waals surface area contributed by atoms with Crippen LogP contribution in [0, 0.1) is 6.92 Å². The normalized spacial score (nSPS) is 11.4. The summed E-state index contributed by atoms with van der Waals surface area (Å²) in [5.74, 6) is -0.211. The summed E-state index contributed by atoms with van der Waals surface area (Å²) in [4.78, 5) is 14.5. The molecule has 0 aliphatic carbocycles. The van der Waals surface area contributed by atoms with Crippen LogP contribution in [0.1, 0.15) is 29.8 Å². The summed E-state index contributed by atoms with van der Waals surface area (Å²) in [6.07, 6.45) is 0. The number of nitrogens with zero attached hydrogens (tertiary/aromatic N) is 1. The largest absolute Gasteiger partial charge is 0.351 e. The first kappa shape index (κ1) is 20.9. The summed E-state index contributed by atoms with van der Waals surface area (Å²) in [7, 11) is -3.69. The summed E-state index contributed by atoms with van der Waals surface area (Å²) in [5.41, 5.74) is 1.98. The zero-order valence-corrected chi connectivity index (χ0v) is 16.8. The Morgan fingerprint density at radius 1 is 0.963 bits per heavy atom. The molecule has 27 heavy (non-hydrogen) atoms. The molecule has 0 aliphatic heterocycles. The molecule has 0 aliphatic rings. The average Bonchev–Trinajstić information content (AvgIpc) is 2.67. The summed E-state index contributed by atoms with van der Waals surface area (Å²) < 4.78 is 27.5. The van der Waals surface area contributed by atoms with Crippen molar-refractivity contribution in [2.24, 2.45) is 0 Å². The highest BCUT2D eigenvalue weighted by Crippen LogP contribution is 2.17. The van der Waals surface area contributed by atoms with Crippen molar-refractivity contribution in [1.29, 1.82) is 0 Å². The summed E-state index contributed by atoms with van der Waals surface area (Å²) in [6, 6.07) is 13.0. The lowest BCUT2D eigenvalue weighted by Gasteiger charge is -2.18. The Bertz CT molecular complexity index is 843.